The molecule has 3 heteroatoms. The van der Waals surface area contributed by atoms with Gasteiger partial charge in [-0.1, -0.05) is 0 Å². The summed E-state index contributed by atoms with van der Waals surface area (Å²) in [5.74, 6) is 0. The summed E-state index contributed by atoms with van der Waals surface area (Å²) in [6.07, 6.45) is 0. The molecule has 0 aromatic carbocycles. The summed E-state index contributed by atoms with van der Waals surface area (Å²) < 4.78 is 5.01. The third-order valence-corrected chi connectivity index (χ3v) is 1.07. The molecule has 1 aliphatic rings. The molecule has 0 bridgehead atoms. The van der Waals surface area contributed by atoms with Crippen molar-refractivity contribution in [1.82, 2.24) is 10.4 Å². The fraction of sp³-hybridized carbons (Fsp3) is 1.00. The van der Waals surface area contributed by atoms with Crippen LogP contribution in [0, 0.1) is 0 Å². The fourth-order valence-corrected chi connectivity index (χ4v) is 0.590. The second-order valence-corrected chi connectivity index (χ2v) is 1.52. The molecular weight excluding hydrogens is 92.1 g/mol. The van der Waals surface area contributed by atoms with Gasteiger partial charge in [0.2, 0.25) is 0 Å². The maximum atomic E-state index is 5.01. The zero-order valence-corrected chi connectivity index (χ0v) is 4.48. The smallest absolute Gasteiger partial charge is 0.112 e. The molecule has 0 aromatic rings. The highest BCUT2D eigenvalue weighted by Gasteiger charge is 2.07. The van der Waals surface area contributed by atoms with E-state index in [2.05, 4.69) is 5.43 Å². The highest BCUT2D eigenvalue weighted by atomic mass is 16.5. The van der Waals surface area contributed by atoms with Crippen molar-refractivity contribution in [1.29, 1.82) is 0 Å². The van der Waals surface area contributed by atoms with E-state index in [1.165, 1.54) is 0 Å². The molecule has 0 radical (unpaired) electrons. The molecule has 1 saturated heterocycles. The van der Waals surface area contributed by atoms with Crippen molar-refractivity contribution in [3.8, 4) is 0 Å². The molecule has 1 heterocycles. The normalized spacial score (nSPS) is 23.6. The first-order valence-corrected chi connectivity index (χ1v) is 2.43. The number of hydrazine groups is 1. The Morgan fingerprint density at radius 3 is 2.86 bits per heavy atom. The lowest BCUT2D eigenvalue weighted by atomic mass is 10.7. The third-order valence-electron chi connectivity index (χ3n) is 1.07. The standard InChI is InChI=1S/C4H10N2O/c1-5-6-2-3-7-4-6/h5H,2-4H2,1H3. The zero-order valence-electron chi connectivity index (χ0n) is 4.48. The van der Waals surface area contributed by atoms with Gasteiger partial charge in [-0.05, 0) is 7.05 Å². The van der Waals surface area contributed by atoms with E-state index in [0.29, 0.717) is 0 Å². The molecule has 0 aromatic heterocycles. The van der Waals surface area contributed by atoms with Gasteiger partial charge in [-0.2, -0.15) is 0 Å². The van der Waals surface area contributed by atoms with Crippen LogP contribution in [-0.2, 0) is 4.74 Å². The van der Waals surface area contributed by atoms with E-state index < -0.39 is 0 Å². The number of hydrogen-bond acceptors (Lipinski definition) is 3. The first kappa shape index (κ1) is 5.03. The maximum Gasteiger partial charge on any atom is 0.112 e. The summed E-state index contributed by atoms with van der Waals surface area (Å²) in [4.78, 5) is 0. The maximum absolute atomic E-state index is 5.01. The van der Waals surface area contributed by atoms with Crippen LogP contribution in [0.25, 0.3) is 0 Å². The van der Waals surface area contributed by atoms with Gasteiger partial charge in [0.1, 0.15) is 6.73 Å². The summed E-state index contributed by atoms with van der Waals surface area (Å²) in [5, 5.41) is 2.01. The van der Waals surface area contributed by atoms with Crippen molar-refractivity contribution >= 4 is 0 Å². The molecular formula is C4H10N2O. The van der Waals surface area contributed by atoms with E-state index in [1.54, 1.807) is 0 Å². The van der Waals surface area contributed by atoms with E-state index in [9.17, 15) is 0 Å². The third kappa shape index (κ3) is 1.12. The van der Waals surface area contributed by atoms with Crippen molar-refractivity contribution < 1.29 is 4.74 Å². The van der Waals surface area contributed by atoms with Gasteiger partial charge in [0.15, 0.2) is 0 Å². The van der Waals surface area contributed by atoms with Crippen LogP contribution in [0.3, 0.4) is 0 Å². The van der Waals surface area contributed by atoms with Crippen molar-refractivity contribution in [2.75, 3.05) is 26.9 Å². The average molecular weight is 102 g/mol. The predicted molar refractivity (Wildman–Crippen MR) is 26.6 cm³/mol. The minimum absolute atomic E-state index is 0.733. The summed E-state index contributed by atoms with van der Waals surface area (Å²) in [7, 11) is 1.90. The molecule has 0 spiro atoms. The van der Waals surface area contributed by atoms with E-state index in [1.807, 2.05) is 12.1 Å². The SMILES string of the molecule is CNN1CCOC1. The number of hydrogen-bond donors (Lipinski definition) is 1. The van der Waals surface area contributed by atoms with Crippen LogP contribution in [0.5, 0.6) is 0 Å². The fourth-order valence-electron chi connectivity index (χ4n) is 0.590. The van der Waals surface area contributed by atoms with Crippen molar-refractivity contribution in [2.24, 2.45) is 0 Å². The lowest BCUT2D eigenvalue weighted by molar-refractivity contribution is 0.117. The minimum Gasteiger partial charge on any atom is -0.363 e. The highest BCUT2D eigenvalue weighted by molar-refractivity contribution is 4.48. The van der Waals surface area contributed by atoms with Crippen LogP contribution in [0.4, 0.5) is 0 Å². The van der Waals surface area contributed by atoms with E-state index in [-0.39, 0.29) is 0 Å². The van der Waals surface area contributed by atoms with Crippen LogP contribution in [-0.4, -0.2) is 31.9 Å². The molecule has 0 unspecified atom stereocenters. The van der Waals surface area contributed by atoms with Crippen molar-refractivity contribution in [3.05, 3.63) is 0 Å². The number of rotatable bonds is 1. The topological polar surface area (TPSA) is 24.5 Å². The summed E-state index contributed by atoms with van der Waals surface area (Å²) in [6, 6.07) is 0. The molecule has 7 heavy (non-hydrogen) atoms. The molecule has 1 N–H and O–H groups in total. The number of nitrogens with one attached hydrogen (secondary N) is 1. The Kier molecular flexibility index (Phi) is 1.62. The van der Waals surface area contributed by atoms with Gasteiger partial charge in [0, 0.05) is 6.54 Å². The second-order valence-electron chi connectivity index (χ2n) is 1.52. The minimum atomic E-state index is 0.733. The Balaban J connectivity index is 2.14. The number of ether oxygens (including phenoxy) is 1. The Hall–Kier alpha value is -0.120. The van der Waals surface area contributed by atoms with Gasteiger partial charge in [-0.25, -0.2) is 5.01 Å². The summed E-state index contributed by atoms with van der Waals surface area (Å²) in [6.45, 7) is 2.60. The van der Waals surface area contributed by atoms with Crippen molar-refractivity contribution in [3.63, 3.8) is 0 Å². The van der Waals surface area contributed by atoms with Gasteiger partial charge < -0.3 is 4.74 Å². The Morgan fingerprint density at radius 2 is 2.57 bits per heavy atom. The molecule has 1 rings (SSSR count). The molecule has 0 saturated carbocycles. The van der Waals surface area contributed by atoms with Crippen molar-refractivity contribution in [2.45, 2.75) is 0 Å². The Bertz CT molecular complexity index is 51.7. The van der Waals surface area contributed by atoms with Gasteiger partial charge in [-0.3, -0.25) is 5.43 Å². The lowest BCUT2D eigenvalue weighted by Gasteiger charge is -2.07. The zero-order chi connectivity index (χ0) is 5.11. The molecule has 3 nitrogen and oxygen atoms in total. The van der Waals surface area contributed by atoms with Gasteiger partial charge in [0.05, 0.1) is 6.61 Å². The second kappa shape index (κ2) is 2.26. The largest absolute Gasteiger partial charge is 0.363 e. The molecule has 0 atom stereocenters. The van der Waals surface area contributed by atoms with Gasteiger partial charge >= 0.3 is 0 Å². The lowest BCUT2D eigenvalue weighted by Crippen LogP contribution is -2.31. The molecule has 0 amide bonds. The summed E-state index contributed by atoms with van der Waals surface area (Å²) in [5.41, 5.74) is 2.97. The van der Waals surface area contributed by atoms with Crippen LogP contribution in [0.2, 0.25) is 0 Å². The van der Waals surface area contributed by atoms with E-state index >= 15 is 0 Å². The average Bonchev–Trinajstić information content (AvgIpc) is 2.14. The molecule has 1 aliphatic heterocycles. The quantitative estimate of drug-likeness (QED) is 0.479. The van der Waals surface area contributed by atoms with Crippen LogP contribution in [0.1, 0.15) is 0 Å². The predicted octanol–water partition coefficient (Wildman–Crippen LogP) is -0.590. The molecule has 42 valence electrons. The van der Waals surface area contributed by atoms with Crippen LogP contribution in [0.15, 0.2) is 0 Å². The number of nitrogens with zero attached hydrogens (tertiary/aromatic N) is 1. The van der Waals surface area contributed by atoms with Crippen LogP contribution < -0.4 is 5.43 Å². The summed E-state index contributed by atoms with van der Waals surface area (Å²) >= 11 is 0. The molecule has 1 fully saturated rings. The monoisotopic (exact) mass is 102 g/mol. The van der Waals surface area contributed by atoms with Crippen LogP contribution >= 0.6 is 0 Å². The highest BCUT2D eigenvalue weighted by Crippen LogP contribution is 1.91. The van der Waals surface area contributed by atoms with E-state index in [4.69, 9.17) is 4.74 Å². The Labute approximate surface area is 43.2 Å². The Morgan fingerprint density at radius 1 is 1.71 bits per heavy atom. The van der Waals surface area contributed by atoms with Gasteiger partial charge in [0.25, 0.3) is 0 Å². The first-order valence-electron chi connectivity index (χ1n) is 2.43. The molecule has 0 aliphatic carbocycles. The first-order chi connectivity index (χ1) is 3.43. The van der Waals surface area contributed by atoms with Gasteiger partial charge in [-0.15, -0.1) is 0 Å². The van der Waals surface area contributed by atoms with E-state index in [0.717, 1.165) is 19.9 Å².